The van der Waals surface area contributed by atoms with Crippen LogP contribution in [-0.2, 0) is 9.59 Å². The molecular formula is C15H27N3O2. The van der Waals surface area contributed by atoms with Crippen molar-refractivity contribution in [1.29, 1.82) is 0 Å². The van der Waals surface area contributed by atoms with Gasteiger partial charge in [-0.2, -0.15) is 0 Å². The summed E-state index contributed by atoms with van der Waals surface area (Å²) in [6.07, 6.45) is 6.29. The van der Waals surface area contributed by atoms with Gasteiger partial charge in [-0.15, -0.1) is 0 Å². The van der Waals surface area contributed by atoms with Crippen molar-refractivity contribution in [2.45, 2.75) is 44.6 Å². The van der Waals surface area contributed by atoms with Crippen LogP contribution in [0.25, 0.3) is 0 Å². The number of rotatable bonds is 7. The van der Waals surface area contributed by atoms with Crippen molar-refractivity contribution in [3.05, 3.63) is 0 Å². The van der Waals surface area contributed by atoms with Crippen molar-refractivity contribution in [1.82, 2.24) is 15.5 Å². The van der Waals surface area contributed by atoms with Gasteiger partial charge in [0.15, 0.2) is 0 Å². The van der Waals surface area contributed by atoms with Gasteiger partial charge in [0.1, 0.15) is 0 Å². The molecule has 0 aromatic rings. The molecule has 0 spiro atoms. The Kier molecular flexibility index (Phi) is 5.40. The van der Waals surface area contributed by atoms with Crippen LogP contribution < -0.4 is 10.6 Å². The van der Waals surface area contributed by atoms with Crippen LogP contribution in [0.3, 0.4) is 0 Å². The van der Waals surface area contributed by atoms with E-state index in [0.29, 0.717) is 12.6 Å². The predicted octanol–water partition coefficient (Wildman–Crippen LogP) is 0.749. The van der Waals surface area contributed by atoms with E-state index in [0.717, 1.165) is 32.2 Å². The monoisotopic (exact) mass is 281 g/mol. The first kappa shape index (κ1) is 15.3. The van der Waals surface area contributed by atoms with Crippen LogP contribution >= 0.6 is 0 Å². The lowest BCUT2D eigenvalue weighted by atomic mass is 10.2. The van der Waals surface area contributed by atoms with Crippen molar-refractivity contribution in [3.8, 4) is 0 Å². The van der Waals surface area contributed by atoms with Gasteiger partial charge in [0.25, 0.3) is 0 Å². The van der Waals surface area contributed by atoms with Crippen LogP contribution in [0.4, 0.5) is 0 Å². The first-order valence-corrected chi connectivity index (χ1v) is 7.80. The highest BCUT2D eigenvalue weighted by Crippen LogP contribution is 2.39. The molecule has 2 atom stereocenters. The highest BCUT2D eigenvalue weighted by atomic mass is 16.2. The molecule has 0 heterocycles. The van der Waals surface area contributed by atoms with E-state index in [-0.39, 0.29) is 23.7 Å². The molecule has 2 fully saturated rings. The topological polar surface area (TPSA) is 61.4 Å². The first-order chi connectivity index (χ1) is 9.58. The van der Waals surface area contributed by atoms with Crippen molar-refractivity contribution in [2.75, 3.05) is 27.2 Å². The lowest BCUT2D eigenvalue weighted by Gasteiger charge is -2.12. The average molecular weight is 281 g/mol. The summed E-state index contributed by atoms with van der Waals surface area (Å²) in [7, 11) is 4.04. The van der Waals surface area contributed by atoms with Gasteiger partial charge >= 0.3 is 0 Å². The molecule has 2 rings (SSSR count). The standard InChI is InChI=1S/C15H27N3O2/c1-18(2)9-5-8-16-14(19)12-10-13(12)15(20)17-11-6-3-4-7-11/h11-13H,3-10H2,1-2H3,(H,16,19)(H,17,20). The summed E-state index contributed by atoms with van der Waals surface area (Å²) in [5.41, 5.74) is 0. The van der Waals surface area contributed by atoms with Gasteiger partial charge in [-0.3, -0.25) is 9.59 Å². The third kappa shape index (κ3) is 4.47. The molecule has 20 heavy (non-hydrogen) atoms. The number of amides is 2. The molecule has 114 valence electrons. The zero-order valence-corrected chi connectivity index (χ0v) is 12.7. The van der Waals surface area contributed by atoms with Gasteiger partial charge in [-0.25, -0.2) is 0 Å². The average Bonchev–Trinajstić information content (AvgIpc) is 3.06. The lowest BCUT2D eigenvalue weighted by molar-refractivity contribution is -0.127. The van der Waals surface area contributed by atoms with Gasteiger partial charge in [-0.1, -0.05) is 12.8 Å². The molecule has 2 amide bonds. The van der Waals surface area contributed by atoms with Gasteiger partial charge in [0.2, 0.25) is 11.8 Å². The number of hydrogen-bond acceptors (Lipinski definition) is 3. The summed E-state index contributed by atoms with van der Waals surface area (Å²) in [5.74, 6) is -0.0270. The Morgan fingerprint density at radius 3 is 2.40 bits per heavy atom. The number of nitrogens with one attached hydrogen (secondary N) is 2. The van der Waals surface area contributed by atoms with E-state index in [4.69, 9.17) is 0 Å². The molecule has 2 aliphatic rings. The van der Waals surface area contributed by atoms with Gasteiger partial charge in [0, 0.05) is 12.6 Å². The highest BCUT2D eigenvalue weighted by Gasteiger charge is 2.48. The lowest BCUT2D eigenvalue weighted by Crippen LogP contribution is -2.35. The zero-order valence-electron chi connectivity index (χ0n) is 12.7. The van der Waals surface area contributed by atoms with Gasteiger partial charge in [-0.05, 0) is 46.3 Å². The normalized spacial score (nSPS) is 25.8. The van der Waals surface area contributed by atoms with Crippen LogP contribution in [0, 0.1) is 11.8 Å². The molecule has 0 saturated heterocycles. The smallest absolute Gasteiger partial charge is 0.224 e. The summed E-state index contributed by atoms with van der Waals surface area (Å²) in [4.78, 5) is 26.0. The molecular weight excluding hydrogens is 254 g/mol. The minimum absolute atomic E-state index is 0.0512. The van der Waals surface area contributed by atoms with Crippen molar-refractivity contribution in [3.63, 3.8) is 0 Å². The summed E-state index contributed by atoms with van der Waals surface area (Å²) in [5, 5.41) is 6.02. The molecule has 0 aromatic heterocycles. The van der Waals surface area contributed by atoms with E-state index < -0.39 is 0 Å². The van der Waals surface area contributed by atoms with E-state index in [1.54, 1.807) is 0 Å². The molecule has 2 N–H and O–H groups in total. The van der Waals surface area contributed by atoms with Crippen LogP contribution in [0.5, 0.6) is 0 Å². The number of hydrogen-bond donors (Lipinski definition) is 2. The van der Waals surface area contributed by atoms with Crippen LogP contribution in [0.2, 0.25) is 0 Å². The molecule has 2 aliphatic carbocycles. The van der Waals surface area contributed by atoms with Crippen LogP contribution in [0.15, 0.2) is 0 Å². The second kappa shape index (κ2) is 7.07. The number of carbonyl (C=O) groups is 2. The van der Waals surface area contributed by atoms with E-state index in [2.05, 4.69) is 15.5 Å². The van der Waals surface area contributed by atoms with Crippen molar-refractivity contribution in [2.24, 2.45) is 11.8 Å². The second-order valence-corrected chi connectivity index (χ2v) is 6.39. The first-order valence-electron chi connectivity index (χ1n) is 7.80. The Bertz CT molecular complexity index is 351. The van der Waals surface area contributed by atoms with Crippen molar-refractivity contribution < 1.29 is 9.59 Å². The summed E-state index contributed by atoms with van der Waals surface area (Å²) in [6, 6.07) is 0.354. The maximum atomic E-state index is 12.0. The molecule has 0 aliphatic heterocycles. The van der Waals surface area contributed by atoms with E-state index in [1.807, 2.05) is 14.1 Å². The third-order valence-electron chi connectivity index (χ3n) is 4.25. The van der Waals surface area contributed by atoms with Gasteiger partial charge < -0.3 is 15.5 Å². The Balaban J connectivity index is 1.60. The SMILES string of the molecule is CN(C)CCCNC(=O)C1CC1C(=O)NC1CCCC1. The fraction of sp³-hybridized carbons (Fsp3) is 0.867. The fourth-order valence-corrected chi connectivity index (χ4v) is 2.89. The molecule has 0 aromatic carbocycles. The molecule has 0 radical (unpaired) electrons. The van der Waals surface area contributed by atoms with E-state index in [9.17, 15) is 9.59 Å². The zero-order chi connectivity index (χ0) is 14.5. The Labute approximate surface area is 121 Å². The maximum absolute atomic E-state index is 12.0. The summed E-state index contributed by atoms with van der Waals surface area (Å²) >= 11 is 0. The molecule has 5 heteroatoms. The predicted molar refractivity (Wildman–Crippen MR) is 78.2 cm³/mol. The largest absolute Gasteiger partial charge is 0.356 e. The third-order valence-corrected chi connectivity index (χ3v) is 4.25. The minimum Gasteiger partial charge on any atom is -0.356 e. The quantitative estimate of drug-likeness (QED) is 0.677. The Morgan fingerprint density at radius 2 is 1.75 bits per heavy atom. The Morgan fingerprint density at radius 1 is 1.10 bits per heavy atom. The van der Waals surface area contributed by atoms with Crippen molar-refractivity contribution >= 4 is 11.8 Å². The molecule has 5 nitrogen and oxygen atoms in total. The molecule has 0 bridgehead atoms. The van der Waals surface area contributed by atoms with Crippen LogP contribution in [-0.4, -0.2) is 49.9 Å². The number of nitrogens with zero attached hydrogens (tertiary/aromatic N) is 1. The fourth-order valence-electron chi connectivity index (χ4n) is 2.89. The molecule has 2 saturated carbocycles. The molecule has 2 unspecified atom stereocenters. The van der Waals surface area contributed by atoms with E-state index >= 15 is 0 Å². The number of carbonyl (C=O) groups excluding carboxylic acids is 2. The summed E-state index contributed by atoms with van der Waals surface area (Å²) in [6.45, 7) is 1.67. The second-order valence-electron chi connectivity index (χ2n) is 6.39. The highest BCUT2D eigenvalue weighted by molar-refractivity contribution is 5.92. The minimum atomic E-state index is -0.0873. The van der Waals surface area contributed by atoms with E-state index in [1.165, 1.54) is 12.8 Å². The Hall–Kier alpha value is -1.10. The summed E-state index contributed by atoms with van der Waals surface area (Å²) < 4.78 is 0. The van der Waals surface area contributed by atoms with Gasteiger partial charge in [0.05, 0.1) is 11.8 Å². The maximum Gasteiger partial charge on any atom is 0.224 e. The van der Waals surface area contributed by atoms with Crippen LogP contribution in [0.1, 0.15) is 38.5 Å².